The highest BCUT2D eigenvalue weighted by Crippen LogP contribution is 2.25. The Hall–Kier alpha value is -1.31. The number of hydrogen-bond donors (Lipinski definition) is 3. The molecule has 6 nitrogen and oxygen atoms in total. The second-order valence-corrected chi connectivity index (χ2v) is 8.66. The molecule has 148 valence electrons. The monoisotopic (exact) mass is 403 g/mol. The molecule has 3 N–H and O–H groups in total. The topological polar surface area (TPSA) is 87.3 Å². The second kappa shape index (κ2) is 10.7. The Morgan fingerprint density at radius 2 is 1.92 bits per heavy atom. The maximum Gasteiger partial charge on any atom is 0.232 e. The number of rotatable bonds is 8. The predicted molar refractivity (Wildman–Crippen MR) is 109 cm³/mol. The summed E-state index contributed by atoms with van der Waals surface area (Å²) in [4.78, 5) is 12.3. The molecule has 1 saturated heterocycles. The van der Waals surface area contributed by atoms with E-state index in [1.54, 1.807) is 24.3 Å². The van der Waals surface area contributed by atoms with E-state index in [0.717, 1.165) is 25.9 Å². The summed E-state index contributed by atoms with van der Waals surface area (Å²) >= 11 is 0. The zero-order chi connectivity index (χ0) is 18.3. The van der Waals surface area contributed by atoms with Gasteiger partial charge in [-0.2, -0.15) is 0 Å². The van der Waals surface area contributed by atoms with E-state index in [1.807, 2.05) is 6.92 Å². The first kappa shape index (κ1) is 22.7. The van der Waals surface area contributed by atoms with Gasteiger partial charge >= 0.3 is 0 Å². The van der Waals surface area contributed by atoms with Crippen LogP contribution in [0.1, 0.15) is 39.5 Å². The lowest BCUT2D eigenvalue weighted by Gasteiger charge is -2.27. The van der Waals surface area contributed by atoms with Crippen LogP contribution in [0.5, 0.6) is 0 Å². The van der Waals surface area contributed by atoms with Crippen LogP contribution in [0.15, 0.2) is 24.3 Å². The fourth-order valence-electron chi connectivity index (χ4n) is 3.24. The molecule has 0 aromatic heterocycles. The quantitative estimate of drug-likeness (QED) is 0.621. The van der Waals surface area contributed by atoms with Crippen LogP contribution in [-0.2, 0) is 14.8 Å². The number of carbonyl (C=O) groups excluding carboxylic acids is 1. The largest absolute Gasteiger partial charge is 0.326 e. The van der Waals surface area contributed by atoms with E-state index in [-0.39, 0.29) is 24.1 Å². The van der Waals surface area contributed by atoms with Crippen LogP contribution in [0.4, 0.5) is 11.4 Å². The molecule has 0 spiro atoms. The average Bonchev–Trinajstić information content (AvgIpc) is 2.55. The van der Waals surface area contributed by atoms with Crippen LogP contribution in [0.2, 0.25) is 0 Å². The molecule has 1 aromatic carbocycles. The van der Waals surface area contributed by atoms with Gasteiger partial charge in [-0.05, 0) is 62.4 Å². The smallest absolute Gasteiger partial charge is 0.232 e. The van der Waals surface area contributed by atoms with E-state index < -0.39 is 10.0 Å². The highest BCUT2D eigenvalue weighted by atomic mass is 35.5. The second-order valence-electron chi connectivity index (χ2n) is 6.82. The van der Waals surface area contributed by atoms with Crippen LogP contribution in [-0.4, -0.2) is 33.2 Å². The van der Waals surface area contributed by atoms with Crippen LogP contribution in [0.3, 0.4) is 0 Å². The van der Waals surface area contributed by atoms with E-state index in [0.29, 0.717) is 36.1 Å². The zero-order valence-corrected chi connectivity index (χ0v) is 17.1. The Kier molecular flexibility index (Phi) is 9.39. The van der Waals surface area contributed by atoms with Gasteiger partial charge in [0, 0.05) is 12.1 Å². The van der Waals surface area contributed by atoms with E-state index in [1.165, 1.54) is 0 Å². The summed E-state index contributed by atoms with van der Waals surface area (Å²) < 4.78 is 26.2. The number of amides is 1. The maximum atomic E-state index is 12.3. The molecule has 0 radical (unpaired) electrons. The standard InChI is InChI=1S/C18H29N3O3S.ClH/c1-3-11-25(23,24)21-17-6-4-5-16(13-17)20-18(22)12-14(2)15-7-9-19-10-8-15;/h4-6,13-15,19,21H,3,7-12H2,1-2H3,(H,20,22);1H. The third-order valence-corrected chi connectivity index (χ3v) is 6.08. The Morgan fingerprint density at radius 1 is 1.27 bits per heavy atom. The average molecular weight is 404 g/mol. The third kappa shape index (κ3) is 7.51. The molecule has 1 aromatic rings. The van der Waals surface area contributed by atoms with Gasteiger partial charge in [-0.25, -0.2) is 8.42 Å². The van der Waals surface area contributed by atoms with Crippen molar-refractivity contribution in [3.63, 3.8) is 0 Å². The van der Waals surface area contributed by atoms with Crippen LogP contribution in [0.25, 0.3) is 0 Å². The summed E-state index contributed by atoms with van der Waals surface area (Å²) in [5.74, 6) is 0.976. The van der Waals surface area contributed by atoms with E-state index in [4.69, 9.17) is 0 Å². The van der Waals surface area contributed by atoms with Crippen molar-refractivity contribution in [2.45, 2.75) is 39.5 Å². The van der Waals surface area contributed by atoms with Crippen molar-refractivity contribution in [1.29, 1.82) is 0 Å². The van der Waals surface area contributed by atoms with E-state index in [2.05, 4.69) is 22.3 Å². The molecule has 2 rings (SSSR count). The molecule has 1 heterocycles. The Balaban J connectivity index is 0.00000338. The fourth-order valence-corrected chi connectivity index (χ4v) is 4.37. The van der Waals surface area contributed by atoms with Crippen LogP contribution < -0.4 is 15.4 Å². The first-order chi connectivity index (χ1) is 11.9. The summed E-state index contributed by atoms with van der Waals surface area (Å²) in [6.45, 7) is 6.00. The van der Waals surface area contributed by atoms with Gasteiger partial charge in [0.25, 0.3) is 0 Å². The molecule has 0 saturated carbocycles. The first-order valence-electron chi connectivity index (χ1n) is 9.00. The Labute approximate surface area is 163 Å². The minimum atomic E-state index is -3.33. The molecule has 8 heteroatoms. The maximum absolute atomic E-state index is 12.3. The highest BCUT2D eigenvalue weighted by molar-refractivity contribution is 7.92. The fraction of sp³-hybridized carbons (Fsp3) is 0.611. The molecule has 1 atom stereocenters. The molecule has 0 bridgehead atoms. The molecule has 1 amide bonds. The molecule has 1 fully saturated rings. The lowest BCUT2D eigenvalue weighted by molar-refractivity contribution is -0.117. The van der Waals surface area contributed by atoms with E-state index in [9.17, 15) is 13.2 Å². The minimum absolute atomic E-state index is 0. The lowest BCUT2D eigenvalue weighted by atomic mass is 9.84. The van der Waals surface area contributed by atoms with E-state index >= 15 is 0 Å². The van der Waals surface area contributed by atoms with Gasteiger partial charge in [0.05, 0.1) is 11.4 Å². The van der Waals surface area contributed by atoms with Crippen molar-refractivity contribution in [3.8, 4) is 0 Å². The zero-order valence-electron chi connectivity index (χ0n) is 15.5. The number of nitrogens with one attached hydrogen (secondary N) is 3. The summed E-state index contributed by atoms with van der Waals surface area (Å²) in [5.41, 5.74) is 1.08. The number of halogens is 1. The number of anilines is 2. The number of sulfonamides is 1. The number of benzene rings is 1. The molecule has 1 aliphatic heterocycles. The molecular weight excluding hydrogens is 374 g/mol. The van der Waals surface area contributed by atoms with Crippen molar-refractivity contribution in [2.75, 3.05) is 28.9 Å². The van der Waals surface area contributed by atoms with Crippen molar-refractivity contribution >= 4 is 39.7 Å². The van der Waals surface area contributed by atoms with Gasteiger partial charge in [0.15, 0.2) is 0 Å². The number of piperidine rings is 1. The predicted octanol–water partition coefficient (Wildman–Crippen LogP) is 3.22. The molecular formula is C18H30ClN3O3S. The summed E-state index contributed by atoms with van der Waals surface area (Å²) in [6, 6.07) is 6.83. The highest BCUT2D eigenvalue weighted by Gasteiger charge is 2.22. The number of carbonyl (C=O) groups is 1. The third-order valence-electron chi connectivity index (χ3n) is 4.59. The van der Waals surface area contributed by atoms with Crippen LogP contribution >= 0.6 is 12.4 Å². The van der Waals surface area contributed by atoms with Crippen molar-refractivity contribution in [3.05, 3.63) is 24.3 Å². The summed E-state index contributed by atoms with van der Waals surface area (Å²) in [7, 11) is -3.33. The molecule has 1 aliphatic rings. The van der Waals surface area contributed by atoms with Gasteiger partial charge in [0.1, 0.15) is 0 Å². The summed E-state index contributed by atoms with van der Waals surface area (Å²) in [5, 5.41) is 6.22. The van der Waals surface area contributed by atoms with Gasteiger partial charge in [-0.1, -0.05) is 19.9 Å². The van der Waals surface area contributed by atoms with Gasteiger partial charge in [0.2, 0.25) is 15.9 Å². The molecule has 1 unspecified atom stereocenters. The number of hydrogen-bond acceptors (Lipinski definition) is 4. The van der Waals surface area contributed by atoms with Gasteiger partial charge in [-0.15, -0.1) is 12.4 Å². The summed E-state index contributed by atoms with van der Waals surface area (Å²) in [6.07, 6.45) is 3.27. The lowest BCUT2D eigenvalue weighted by Crippen LogP contribution is -2.32. The van der Waals surface area contributed by atoms with Gasteiger partial charge in [-0.3, -0.25) is 9.52 Å². The minimum Gasteiger partial charge on any atom is -0.326 e. The van der Waals surface area contributed by atoms with Crippen LogP contribution in [0, 0.1) is 11.8 Å². The first-order valence-corrected chi connectivity index (χ1v) is 10.7. The molecule has 0 aliphatic carbocycles. The van der Waals surface area contributed by atoms with Crippen molar-refractivity contribution in [2.24, 2.45) is 11.8 Å². The molecule has 26 heavy (non-hydrogen) atoms. The van der Waals surface area contributed by atoms with Gasteiger partial charge < -0.3 is 10.6 Å². The van der Waals surface area contributed by atoms with Crippen molar-refractivity contribution in [1.82, 2.24) is 5.32 Å². The Morgan fingerprint density at radius 3 is 2.58 bits per heavy atom. The Bertz CT molecular complexity index is 676. The van der Waals surface area contributed by atoms with Crippen molar-refractivity contribution < 1.29 is 13.2 Å². The normalized spacial score (nSPS) is 16.4. The SMILES string of the molecule is CCCS(=O)(=O)Nc1cccc(NC(=O)CC(C)C2CCNCC2)c1.Cl.